The molecule has 0 saturated carbocycles. The highest BCUT2D eigenvalue weighted by Crippen LogP contribution is 2.27. The predicted octanol–water partition coefficient (Wildman–Crippen LogP) is 3.36. The number of hydrogen-bond acceptors (Lipinski definition) is 6. The van der Waals surface area contributed by atoms with Crippen molar-refractivity contribution in [3.63, 3.8) is 0 Å². The van der Waals surface area contributed by atoms with E-state index in [9.17, 15) is 13.2 Å². The summed E-state index contributed by atoms with van der Waals surface area (Å²) in [6, 6.07) is 14.5. The van der Waals surface area contributed by atoms with E-state index in [1.807, 2.05) is 38.1 Å². The number of aromatic nitrogens is 2. The van der Waals surface area contributed by atoms with Crippen LogP contribution in [0.25, 0.3) is 22.9 Å². The molecular formula is C22H23N3O4S. The Balaban J connectivity index is 1.53. The molecule has 0 bridgehead atoms. The minimum atomic E-state index is -3.05. The van der Waals surface area contributed by atoms with Crippen LogP contribution in [0.5, 0.6) is 0 Å². The molecular weight excluding hydrogens is 402 g/mol. The van der Waals surface area contributed by atoms with E-state index < -0.39 is 9.84 Å². The molecule has 0 unspecified atom stereocenters. The highest BCUT2D eigenvalue weighted by atomic mass is 32.2. The molecule has 2 aromatic carbocycles. The molecule has 30 heavy (non-hydrogen) atoms. The Morgan fingerprint density at radius 1 is 1.10 bits per heavy atom. The van der Waals surface area contributed by atoms with Crippen LogP contribution in [0, 0.1) is 6.92 Å². The summed E-state index contributed by atoms with van der Waals surface area (Å²) in [7, 11) is -3.05. The van der Waals surface area contributed by atoms with Crippen molar-refractivity contribution in [2.45, 2.75) is 26.3 Å². The van der Waals surface area contributed by atoms with Gasteiger partial charge in [-0.2, -0.15) is 0 Å². The highest BCUT2D eigenvalue weighted by Gasteiger charge is 2.34. The first kappa shape index (κ1) is 20.3. The maximum atomic E-state index is 12.9. The summed E-state index contributed by atoms with van der Waals surface area (Å²) in [5, 5.41) is 8.27. The Morgan fingerprint density at radius 3 is 2.43 bits per heavy atom. The average molecular weight is 426 g/mol. The minimum absolute atomic E-state index is 0.0360. The molecule has 1 aromatic heterocycles. The van der Waals surface area contributed by atoms with Gasteiger partial charge in [0.2, 0.25) is 11.8 Å². The van der Waals surface area contributed by atoms with Crippen LogP contribution in [0.3, 0.4) is 0 Å². The van der Waals surface area contributed by atoms with Gasteiger partial charge < -0.3 is 9.32 Å². The molecule has 1 atom stereocenters. The lowest BCUT2D eigenvalue weighted by Crippen LogP contribution is -2.40. The van der Waals surface area contributed by atoms with Gasteiger partial charge in [-0.1, -0.05) is 18.2 Å². The fraction of sp³-hybridized carbons (Fsp3) is 0.318. The normalized spacial score (nSPS) is 17.7. The molecule has 1 aliphatic rings. The molecule has 156 valence electrons. The molecule has 0 N–H and O–H groups in total. The number of nitrogens with zero attached hydrogens (tertiary/aromatic N) is 3. The van der Waals surface area contributed by atoms with Gasteiger partial charge in [-0.25, -0.2) is 8.42 Å². The van der Waals surface area contributed by atoms with E-state index in [0.29, 0.717) is 35.9 Å². The molecule has 8 heteroatoms. The zero-order chi connectivity index (χ0) is 21.3. The molecule has 0 aliphatic carbocycles. The van der Waals surface area contributed by atoms with Crippen LogP contribution in [0.2, 0.25) is 0 Å². The Hall–Kier alpha value is -3.00. The first-order valence-electron chi connectivity index (χ1n) is 9.89. The fourth-order valence-corrected chi connectivity index (χ4v) is 5.50. The van der Waals surface area contributed by atoms with Crippen molar-refractivity contribution < 1.29 is 17.6 Å². The number of amides is 1. The third-order valence-electron chi connectivity index (χ3n) is 5.43. The van der Waals surface area contributed by atoms with E-state index >= 15 is 0 Å². The van der Waals surface area contributed by atoms with Crippen molar-refractivity contribution in [2.75, 3.05) is 18.1 Å². The maximum absolute atomic E-state index is 12.9. The van der Waals surface area contributed by atoms with E-state index in [4.69, 9.17) is 4.42 Å². The first-order chi connectivity index (χ1) is 14.4. The topological polar surface area (TPSA) is 93.4 Å². The number of carbonyl (C=O) groups excluding carboxylic acids is 1. The SMILES string of the molecule is CCN(C(=O)c1ccc(-c2nnc(-c3ccccc3C)o2)cc1)[C@H]1CCS(=O)(=O)C1. The Labute approximate surface area is 175 Å². The number of aryl methyl sites for hydroxylation is 1. The van der Waals surface area contributed by atoms with Gasteiger partial charge >= 0.3 is 0 Å². The second-order valence-corrected chi connectivity index (χ2v) is 9.68. The first-order valence-corrected chi connectivity index (χ1v) is 11.7. The predicted molar refractivity (Wildman–Crippen MR) is 114 cm³/mol. The highest BCUT2D eigenvalue weighted by molar-refractivity contribution is 7.91. The lowest BCUT2D eigenvalue weighted by molar-refractivity contribution is 0.0708. The lowest BCUT2D eigenvalue weighted by atomic mass is 10.1. The maximum Gasteiger partial charge on any atom is 0.254 e. The lowest BCUT2D eigenvalue weighted by Gasteiger charge is -2.27. The van der Waals surface area contributed by atoms with E-state index in [1.54, 1.807) is 29.2 Å². The van der Waals surface area contributed by atoms with Crippen LogP contribution in [-0.2, 0) is 9.84 Å². The third kappa shape index (κ3) is 4.00. The van der Waals surface area contributed by atoms with Crippen LogP contribution < -0.4 is 0 Å². The van der Waals surface area contributed by atoms with Gasteiger partial charge in [-0.15, -0.1) is 10.2 Å². The van der Waals surface area contributed by atoms with Crippen molar-refractivity contribution >= 4 is 15.7 Å². The van der Waals surface area contributed by atoms with Crippen LogP contribution >= 0.6 is 0 Å². The quantitative estimate of drug-likeness (QED) is 0.622. The van der Waals surface area contributed by atoms with E-state index in [2.05, 4.69) is 10.2 Å². The summed E-state index contributed by atoms with van der Waals surface area (Å²) in [6.07, 6.45) is 0.490. The van der Waals surface area contributed by atoms with Gasteiger partial charge in [0.25, 0.3) is 5.91 Å². The third-order valence-corrected chi connectivity index (χ3v) is 7.18. The molecule has 1 fully saturated rings. The summed E-state index contributed by atoms with van der Waals surface area (Å²) in [6.45, 7) is 4.31. The number of hydrogen-bond donors (Lipinski definition) is 0. The van der Waals surface area contributed by atoms with Crippen molar-refractivity contribution in [1.82, 2.24) is 15.1 Å². The van der Waals surface area contributed by atoms with Gasteiger partial charge in [-0.3, -0.25) is 4.79 Å². The molecule has 0 radical (unpaired) electrons. The molecule has 2 heterocycles. The molecule has 4 rings (SSSR count). The van der Waals surface area contributed by atoms with E-state index in [-0.39, 0.29) is 23.5 Å². The summed E-state index contributed by atoms with van der Waals surface area (Å²) in [4.78, 5) is 14.6. The second-order valence-electron chi connectivity index (χ2n) is 7.45. The van der Waals surface area contributed by atoms with Crippen LogP contribution in [0.15, 0.2) is 52.9 Å². The number of rotatable bonds is 5. The summed E-state index contributed by atoms with van der Waals surface area (Å²) in [5.74, 6) is 0.830. The molecule has 7 nitrogen and oxygen atoms in total. The zero-order valence-corrected chi connectivity index (χ0v) is 17.7. The van der Waals surface area contributed by atoms with Crippen LogP contribution in [0.4, 0.5) is 0 Å². The van der Waals surface area contributed by atoms with Crippen molar-refractivity contribution in [2.24, 2.45) is 0 Å². The molecule has 1 amide bonds. The van der Waals surface area contributed by atoms with Gasteiger partial charge in [0.1, 0.15) is 0 Å². The van der Waals surface area contributed by atoms with Gasteiger partial charge in [0, 0.05) is 29.3 Å². The molecule has 3 aromatic rings. The molecule has 1 aliphatic heterocycles. The van der Waals surface area contributed by atoms with E-state index in [0.717, 1.165) is 11.1 Å². The second kappa shape index (κ2) is 8.02. The number of benzene rings is 2. The minimum Gasteiger partial charge on any atom is -0.416 e. The van der Waals surface area contributed by atoms with Crippen molar-refractivity contribution in [3.8, 4) is 22.9 Å². The summed E-state index contributed by atoms with van der Waals surface area (Å²) in [5.41, 5.74) is 3.14. The zero-order valence-electron chi connectivity index (χ0n) is 16.9. The fourth-order valence-electron chi connectivity index (χ4n) is 3.77. The van der Waals surface area contributed by atoms with Gasteiger partial charge in [0.15, 0.2) is 9.84 Å². The average Bonchev–Trinajstić information content (AvgIpc) is 3.36. The largest absolute Gasteiger partial charge is 0.416 e. The Morgan fingerprint density at radius 2 is 1.80 bits per heavy atom. The van der Waals surface area contributed by atoms with Crippen LogP contribution in [0.1, 0.15) is 29.3 Å². The standard InChI is InChI=1S/C22H23N3O4S/c1-3-25(18-12-13-30(27,28)14-18)22(26)17-10-8-16(9-11-17)20-23-24-21(29-20)19-7-5-4-6-15(19)2/h4-11,18H,3,12-14H2,1-2H3/t18-/m0/s1. The van der Waals surface area contributed by atoms with Gasteiger partial charge in [-0.05, 0) is 56.2 Å². The Kier molecular flexibility index (Phi) is 5.42. The summed E-state index contributed by atoms with van der Waals surface area (Å²) >= 11 is 0. The summed E-state index contributed by atoms with van der Waals surface area (Å²) < 4.78 is 29.4. The van der Waals surface area contributed by atoms with Crippen molar-refractivity contribution in [3.05, 3.63) is 59.7 Å². The number of carbonyl (C=O) groups is 1. The monoisotopic (exact) mass is 425 g/mol. The number of sulfone groups is 1. The smallest absolute Gasteiger partial charge is 0.254 e. The van der Waals surface area contributed by atoms with Crippen LogP contribution in [-0.4, -0.2) is 53.5 Å². The molecule has 1 saturated heterocycles. The van der Waals surface area contributed by atoms with Crippen molar-refractivity contribution in [1.29, 1.82) is 0 Å². The molecule has 0 spiro atoms. The Bertz CT molecular complexity index is 1170. The van der Waals surface area contributed by atoms with E-state index in [1.165, 1.54) is 0 Å². The van der Waals surface area contributed by atoms with Gasteiger partial charge in [0.05, 0.1) is 11.5 Å².